The van der Waals surface area contributed by atoms with E-state index in [0.29, 0.717) is 25.2 Å². The second-order valence-electron chi connectivity index (χ2n) is 7.49. The molecule has 2 atom stereocenters. The monoisotopic (exact) mass is 376 g/mol. The molecule has 27 heavy (non-hydrogen) atoms. The molecule has 6 nitrogen and oxygen atoms in total. The predicted molar refractivity (Wildman–Crippen MR) is 111 cm³/mol. The first kappa shape index (κ1) is 21.7. The van der Waals surface area contributed by atoms with Gasteiger partial charge in [0.05, 0.1) is 25.9 Å². The average Bonchev–Trinajstić information content (AvgIpc) is 3.12. The first-order valence-electron chi connectivity index (χ1n) is 9.80. The minimum absolute atomic E-state index is 0.304. The molecule has 2 unspecified atom stereocenters. The van der Waals surface area contributed by atoms with Crippen molar-refractivity contribution in [2.75, 3.05) is 67.7 Å². The number of guanidine groups is 1. The lowest BCUT2D eigenvalue weighted by Crippen LogP contribution is -2.43. The number of hydrogen-bond donors (Lipinski definition) is 1. The Hall–Kier alpha value is -1.63. The van der Waals surface area contributed by atoms with Gasteiger partial charge in [-0.1, -0.05) is 29.8 Å². The van der Waals surface area contributed by atoms with Crippen LogP contribution in [0.25, 0.3) is 0 Å². The highest BCUT2D eigenvalue weighted by Gasteiger charge is 2.25. The van der Waals surface area contributed by atoms with Gasteiger partial charge in [-0.2, -0.15) is 0 Å². The van der Waals surface area contributed by atoms with Crippen LogP contribution in [0, 0.1) is 12.8 Å². The van der Waals surface area contributed by atoms with Gasteiger partial charge in [0.1, 0.15) is 0 Å². The van der Waals surface area contributed by atoms with Crippen molar-refractivity contribution in [3.05, 3.63) is 35.4 Å². The number of likely N-dealkylation sites (N-methyl/N-ethyl adjacent to an activating group) is 1. The van der Waals surface area contributed by atoms with Crippen molar-refractivity contribution in [3.8, 4) is 0 Å². The lowest BCUT2D eigenvalue weighted by atomic mass is 10.0. The molecule has 1 N–H and O–H groups in total. The van der Waals surface area contributed by atoms with Crippen LogP contribution >= 0.6 is 0 Å². The van der Waals surface area contributed by atoms with E-state index in [2.05, 4.69) is 65.4 Å². The zero-order valence-electron chi connectivity index (χ0n) is 17.6. The minimum Gasteiger partial charge on any atom is -0.382 e. The summed E-state index contributed by atoms with van der Waals surface area (Å²) >= 11 is 0. The van der Waals surface area contributed by atoms with E-state index in [1.54, 1.807) is 7.11 Å². The standard InChI is InChI=1S/C21H36N4O2/c1-17-6-8-19(9-7-17)20(24(3)4)14-23-21(22-2)25-11-10-18(15-25)16-27-13-12-26-5/h6-9,18,20H,10-16H2,1-5H3,(H,22,23). The van der Waals surface area contributed by atoms with Crippen LogP contribution in [0.15, 0.2) is 29.3 Å². The highest BCUT2D eigenvalue weighted by Crippen LogP contribution is 2.19. The van der Waals surface area contributed by atoms with Gasteiger partial charge in [0.2, 0.25) is 0 Å². The van der Waals surface area contributed by atoms with Gasteiger partial charge in [0.15, 0.2) is 5.96 Å². The molecule has 1 aromatic carbocycles. The van der Waals surface area contributed by atoms with Crippen molar-refractivity contribution in [1.29, 1.82) is 0 Å². The van der Waals surface area contributed by atoms with Crippen molar-refractivity contribution in [3.63, 3.8) is 0 Å². The highest BCUT2D eigenvalue weighted by atomic mass is 16.5. The molecule has 6 heteroatoms. The van der Waals surface area contributed by atoms with Crippen molar-refractivity contribution < 1.29 is 9.47 Å². The van der Waals surface area contributed by atoms with E-state index >= 15 is 0 Å². The molecular formula is C21H36N4O2. The summed E-state index contributed by atoms with van der Waals surface area (Å²) in [5.74, 6) is 1.54. The van der Waals surface area contributed by atoms with E-state index in [0.717, 1.165) is 38.6 Å². The second kappa shape index (κ2) is 11.3. The summed E-state index contributed by atoms with van der Waals surface area (Å²) in [5.41, 5.74) is 2.61. The van der Waals surface area contributed by atoms with Crippen LogP contribution in [0.2, 0.25) is 0 Å². The molecular weight excluding hydrogens is 340 g/mol. The summed E-state index contributed by atoms with van der Waals surface area (Å²) in [4.78, 5) is 9.10. The Morgan fingerprint density at radius 1 is 1.30 bits per heavy atom. The Morgan fingerprint density at radius 3 is 2.67 bits per heavy atom. The highest BCUT2D eigenvalue weighted by molar-refractivity contribution is 5.80. The van der Waals surface area contributed by atoms with E-state index < -0.39 is 0 Å². The summed E-state index contributed by atoms with van der Waals surface area (Å²) in [7, 11) is 7.81. The van der Waals surface area contributed by atoms with Gasteiger partial charge in [-0.3, -0.25) is 4.99 Å². The number of nitrogens with zero attached hydrogens (tertiary/aromatic N) is 3. The maximum atomic E-state index is 5.70. The first-order valence-corrected chi connectivity index (χ1v) is 9.80. The van der Waals surface area contributed by atoms with Crippen molar-refractivity contribution in [2.24, 2.45) is 10.9 Å². The molecule has 1 aliphatic heterocycles. The fraction of sp³-hybridized carbons (Fsp3) is 0.667. The first-order chi connectivity index (χ1) is 13.0. The number of likely N-dealkylation sites (tertiary alicyclic amines) is 1. The number of benzene rings is 1. The summed E-state index contributed by atoms with van der Waals surface area (Å²) in [6.07, 6.45) is 1.14. The number of methoxy groups -OCH3 is 1. The molecule has 0 radical (unpaired) electrons. The van der Waals surface area contributed by atoms with Crippen LogP contribution in [0.4, 0.5) is 0 Å². The molecule has 1 heterocycles. The van der Waals surface area contributed by atoms with Crippen molar-refractivity contribution in [2.45, 2.75) is 19.4 Å². The number of aliphatic imine (C=N–C) groups is 1. The molecule has 152 valence electrons. The summed E-state index contributed by atoms with van der Waals surface area (Å²) in [6, 6.07) is 9.09. The molecule has 0 spiro atoms. The lowest BCUT2D eigenvalue weighted by Gasteiger charge is -2.28. The average molecular weight is 377 g/mol. The summed E-state index contributed by atoms with van der Waals surface area (Å²) in [5, 5.41) is 3.58. The number of hydrogen-bond acceptors (Lipinski definition) is 4. The van der Waals surface area contributed by atoms with Gasteiger partial charge in [0, 0.05) is 39.7 Å². The van der Waals surface area contributed by atoms with E-state index in [1.165, 1.54) is 11.1 Å². The zero-order chi connectivity index (χ0) is 19.6. The molecule has 0 aliphatic carbocycles. The van der Waals surface area contributed by atoms with E-state index in [4.69, 9.17) is 9.47 Å². The maximum Gasteiger partial charge on any atom is 0.193 e. The van der Waals surface area contributed by atoms with E-state index in [9.17, 15) is 0 Å². The number of nitrogens with one attached hydrogen (secondary N) is 1. The van der Waals surface area contributed by atoms with Crippen LogP contribution < -0.4 is 5.32 Å². The van der Waals surface area contributed by atoms with E-state index in [-0.39, 0.29) is 0 Å². The van der Waals surface area contributed by atoms with Crippen LogP contribution in [-0.4, -0.2) is 83.5 Å². The normalized spacial score (nSPS) is 19.0. The smallest absolute Gasteiger partial charge is 0.193 e. The minimum atomic E-state index is 0.304. The molecule has 0 saturated carbocycles. The SMILES string of the molecule is CN=C(NCC(c1ccc(C)cc1)N(C)C)N1CCC(COCCOC)C1. The predicted octanol–water partition coefficient (Wildman–Crippen LogP) is 2.16. The lowest BCUT2D eigenvalue weighted by molar-refractivity contribution is 0.0536. The summed E-state index contributed by atoms with van der Waals surface area (Å²) < 4.78 is 10.7. The van der Waals surface area contributed by atoms with Gasteiger partial charge in [-0.25, -0.2) is 0 Å². The Labute approximate surface area is 164 Å². The van der Waals surface area contributed by atoms with Crippen LogP contribution in [0.1, 0.15) is 23.6 Å². The van der Waals surface area contributed by atoms with Crippen molar-refractivity contribution >= 4 is 5.96 Å². The third-order valence-electron chi connectivity index (χ3n) is 5.12. The zero-order valence-corrected chi connectivity index (χ0v) is 17.6. The molecule has 1 saturated heterocycles. The van der Waals surface area contributed by atoms with E-state index in [1.807, 2.05) is 7.05 Å². The molecule has 0 bridgehead atoms. The number of rotatable bonds is 9. The maximum absolute atomic E-state index is 5.70. The van der Waals surface area contributed by atoms with Gasteiger partial charge in [-0.05, 0) is 33.0 Å². The van der Waals surface area contributed by atoms with Gasteiger partial charge < -0.3 is 24.6 Å². The molecule has 2 rings (SSSR count). The Kier molecular flexibility index (Phi) is 9.04. The second-order valence-corrected chi connectivity index (χ2v) is 7.49. The molecule has 0 amide bonds. The number of ether oxygens (including phenoxy) is 2. The Morgan fingerprint density at radius 2 is 2.04 bits per heavy atom. The largest absolute Gasteiger partial charge is 0.382 e. The molecule has 1 aliphatic rings. The third-order valence-corrected chi connectivity index (χ3v) is 5.12. The van der Waals surface area contributed by atoms with Gasteiger partial charge in [-0.15, -0.1) is 0 Å². The quantitative estimate of drug-likeness (QED) is 0.407. The van der Waals surface area contributed by atoms with Gasteiger partial charge in [0.25, 0.3) is 0 Å². The third kappa shape index (κ3) is 6.79. The van der Waals surface area contributed by atoms with Crippen LogP contribution in [-0.2, 0) is 9.47 Å². The molecule has 1 fully saturated rings. The fourth-order valence-corrected chi connectivity index (χ4v) is 3.46. The summed E-state index contributed by atoms with van der Waals surface area (Å²) in [6.45, 7) is 7.08. The molecule has 1 aromatic rings. The molecule has 0 aromatic heterocycles. The van der Waals surface area contributed by atoms with Crippen LogP contribution in [0.3, 0.4) is 0 Å². The van der Waals surface area contributed by atoms with Gasteiger partial charge >= 0.3 is 0 Å². The fourth-order valence-electron chi connectivity index (χ4n) is 3.46. The number of aryl methyl sites for hydroxylation is 1. The van der Waals surface area contributed by atoms with Crippen molar-refractivity contribution in [1.82, 2.24) is 15.1 Å². The topological polar surface area (TPSA) is 49.3 Å². The Balaban J connectivity index is 1.86. The Bertz CT molecular complexity index is 574. The van der Waals surface area contributed by atoms with Crippen LogP contribution in [0.5, 0.6) is 0 Å².